The zero-order valence-corrected chi connectivity index (χ0v) is 11.7. The summed E-state index contributed by atoms with van der Waals surface area (Å²) in [7, 11) is 0. The van der Waals surface area contributed by atoms with Gasteiger partial charge in [-0.05, 0) is 41.1 Å². The molecule has 0 bridgehead atoms. The molecular formula is C17H16FN3. The minimum Gasteiger partial charge on any atom is -0.271 e. The van der Waals surface area contributed by atoms with Gasteiger partial charge in [-0.1, -0.05) is 30.3 Å². The van der Waals surface area contributed by atoms with E-state index in [2.05, 4.69) is 10.4 Å². The fraction of sp³-hybridized carbons (Fsp3) is 0.118. The first-order valence-electron chi connectivity index (χ1n) is 6.75. The monoisotopic (exact) mass is 281 g/mol. The van der Waals surface area contributed by atoms with E-state index in [9.17, 15) is 4.39 Å². The van der Waals surface area contributed by atoms with E-state index in [-0.39, 0.29) is 11.9 Å². The maximum Gasteiger partial charge on any atom is 0.126 e. The molecule has 3 aromatic rings. The van der Waals surface area contributed by atoms with Crippen LogP contribution in [0.4, 0.5) is 4.39 Å². The van der Waals surface area contributed by atoms with Crippen molar-refractivity contribution in [3.63, 3.8) is 0 Å². The summed E-state index contributed by atoms with van der Waals surface area (Å²) < 4.78 is 13.5. The van der Waals surface area contributed by atoms with Crippen LogP contribution in [-0.4, -0.2) is 4.98 Å². The zero-order chi connectivity index (χ0) is 14.8. The van der Waals surface area contributed by atoms with E-state index >= 15 is 0 Å². The molecular weight excluding hydrogens is 265 g/mol. The highest BCUT2D eigenvalue weighted by atomic mass is 19.1. The summed E-state index contributed by atoms with van der Waals surface area (Å²) in [5.74, 6) is 5.54. The van der Waals surface area contributed by atoms with Gasteiger partial charge in [0.25, 0.3) is 0 Å². The molecule has 0 radical (unpaired) electrons. The number of benzene rings is 2. The van der Waals surface area contributed by atoms with E-state index in [4.69, 9.17) is 5.84 Å². The van der Waals surface area contributed by atoms with E-state index in [1.165, 1.54) is 6.07 Å². The van der Waals surface area contributed by atoms with Crippen molar-refractivity contribution in [3.05, 3.63) is 77.4 Å². The van der Waals surface area contributed by atoms with Gasteiger partial charge in [0, 0.05) is 17.8 Å². The summed E-state index contributed by atoms with van der Waals surface area (Å²) in [6.07, 6.45) is 3.59. The average Bonchev–Trinajstić information content (AvgIpc) is 2.52. The number of nitrogens with two attached hydrogens (primary N) is 1. The van der Waals surface area contributed by atoms with Gasteiger partial charge in [0.15, 0.2) is 0 Å². The van der Waals surface area contributed by atoms with Gasteiger partial charge in [-0.25, -0.2) is 9.82 Å². The van der Waals surface area contributed by atoms with Crippen LogP contribution in [0.15, 0.2) is 54.9 Å². The van der Waals surface area contributed by atoms with Crippen LogP contribution < -0.4 is 11.3 Å². The predicted molar refractivity (Wildman–Crippen MR) is 82.0 cm³/mol. The largest absolute Gasteiger partial charge is 0.271 e. The Bertz CT molecular complexity index is 781. The predicted octanol–water partition coefficient (Wildman–Crippen LogP) is 3.24. The number of nitrogens with one attached hydrogen (secondary N) is 1. The maximum absolute atomic E-state index is 13.5. The van der Waals surface area contributed by atoms with Crippen LogP contribution in [0.1, 0.15) is 22.7 Å². The molecule has 1 heterocycles. The van der Waals surface area contributed by atoms with E-state index in [1.54, 1.807) is 19.2 Å². The van der Waals surface area contributed by atoms with Crippen LogP contribution in [0.25, 0.3) is 10.8 Å². The second kappa shape index (κ2) is 5.60. The Kier molecular flexibility index (Phi) is 3.64. The molecule has 1 atom stereocenters. The van der Waals surface area contributed by atoms with Crippen LogP contribution in [0, 0.1) is 12.7 Å². The molecule has 0 saturated carbocycles. The van der Waals surface area contributed by atoms with Crippen molar-refractivity contribution in [2.24, 2.45) is 5.84 Å². The molecule has 1 aromatic heterocycles. The van der Waals surface area contributed by atoms with E-state index < -0.39 is 0 Å². The van der Waals surface area contributed by atoms with Crippen LogP contribution in [0.3, 0.4) is 0 Å². The summed E-state index contributed by atoms with van der Waals surface area (Å²) in [6, 6.07) is 12.8. The number of hydrazine groups is 1. The Morgan fingerprint density at radius 3 is 2.81 bits per heavy atom. The molecule has 0 aliphatic heterocycles. The van der Waals surface area contributed by atoms with Crippen molar-refractivity contribution >= 4 is 10.8 Å². The first-order valence-corrected chi connectivity index (χ1v) is 6.75. The first kappa shape index (κ1) is 13.7. The smallest absolute Gasteiger partial charge is 0.126 e. The number of rotatable bonds is 3. The second-order valence-electron chi connectivity index (χ2n) is 5.05. The lowest BCUT2D eigenvalue weighted by atomic mass is 9.94. The van der Waals surface area contributed by atoms with Gasteiger partial charge in [-0.2, -0.15) is 0 Å². The van der Waals surface area contributed by atoms with Crippen LogP contribution in [0.5, 0.6) is 0 Å². The summed E-state index contributed by atoms with van der Waals surface area (Å²) in [5, 5.41) is 2.13. The summed E-state index contributed by atoms with van der Waals surface area (Å²) in [5.41, 5.74) is 5.37. The Hall–Kier alpha value is -2.30. The molecule has 21 heavy (non-hydrogen) atoms. The third kappa shape index (κ3) is 2.51. The van der Waals surface area contributed by atoms with Crippen molar-refractivity contribution in [1.82, 2.24) is 10.4 Å². The van der Waals surface area contributed by atoms with Crippen molar-refractivity contribution < 1.29 is 4.39 Å². The molecule has 106 valence electrons. The lowest BCUT2D eigenvalue weighted by molar-refractivity contribution is 0.608. The van der Waals surface area contributed by atoms with Crippen LogP contribution >= 0.6 is 0 Å². The maximum atomic E-state index is 13.5. The SMILES string of the molecule is Cc1cc(C(NN)c2cccc3ccncc23)ccc1F. The van der Waals surface area contributed by atoms with Crippen molar-refractivity contribution in [2.45, 2.75) is 13.0 Å². The molecule has 0 saturated heterocycles. The van der Waals surface area contributed by atoms with Gasteiger partial charge in [0.2, 0.25) is 0 Å². The van der Waals surface area contributed by atoms with Gasteiger partial charge in [0.05, 0.1) is 6.04 Å². The van der Waals surface area contributed by atoms with Gasteiger partial charge >= 0.3 is 0 Å². The second-order valence-corrected chi connectivity index (χ2v) is 5.05. The van der Waals surface area contributed by atoms with E-state index in [1.807, 2.05) is 36.5 Å². The molecule has 3 rings (SSSR count). The number of aromatic nitrogens is 1. The van der Waals surface area contributed by atoms with Crippen molar-refractivity contribution in [2.75, 3.05) is 0 Å². The third-order valence-electron chi connectivity index (χ3n) is 3.71. The minimum atomic E-state index is -0.214. The number of nitrogens with zero attached hydrogens (tertiary/aromatic N) is 1. The van der Waals surface area contributed by atoms with E-state index in [0.29, 0.717) is 5.56 Å². The molecule has 0 spiro atoms. The highest BCUT2D eigenvalue weighted by Crippen LogP contribution is 2.28. The fourth-order valence-corrected chi connectivity index (χ4v) is 2.60. The summed E-state index contributed by atoms with van der Waals surface area (Å²) >= 11 is 0. The molecule has 0 fully saturated rings. The molecule has 3 nitrogen and oxygen atoms in total. The van der Waals surface area contributed by atoms with Gasteiger partial charge in [-0.3, -0.25) is 10.8 Å². The van der Waals surface area contributed by atoms with Crippen molar-refractivity contribution in [1.29, 1.82) is 0 Å². The highest BCUT2D eigenvalue weighted by Gasteiger charge is 2.16. The molecule has 1 unspecified atom stereocenters. The van der Waals surface area contributed by atoms with Gasteiger partial charge in [-0.15, -0.1) is 0 Å². The Morgan fingerprint density at radius 1 is 1.19 bits per heavy atom. The molecule has 0 aliphatic rings. The Labute approximate surface area is 122 Å². The normalized spacial score (nSPS) is 12.5. The quantitative estimate of drug-likeness (QED) is 0.572. The number of halogens is 1. The molecule has 0 amide bonds. The molecule has 2 aromatic carbocycles. The molecule has 0 aliphatic carbocycles. The number of pyridine rings is 1. The first-order chi connectivity index (χ1) is 10.2. The van der Waals surface area contributed by atoms with Gasteiger partial charge < -0.3 is 0 Å². The zero-order valence-electron chi connectivity index (χ0n) is 11.7. The minimum absolute atomic E-state index is 0.211. The highest BCUT2D eigenvalue weighted by molar-refractivity contribution is 5.85. The van der Waals surface area contributed by atoms with Crippen LogP contribution in [0.2, 0.25) is 0 Å². The lowest BCUT2D eigenvalue weighted by Gasteiger charge is -2.19. The topological polar surface area (TPSA) is 50.9 Å². The van der Waals surface area contributed by atoms with Crippen LogP contribution in [-0.2, 0) is 0 Å². The number of fused-ring (bicyclic) bond motifs is 1. The molecule has 3 N–H and O–H groups in total. The summed E-state index contributed by atoms with van der Waals surface area (Å²) in [4.78, 5) is 4.19. The fourth-order valence-electron chi connectivity index (χ4n) is 2.60. The van der Waals surface area contributed by atoms with E-state index in [0.717, 1.165) is 21.9 Å². The lowest BCUT2D eigenvalue weighted by Crippen LogP contribution is -2.29. The molecule has 4 heteroatoms. The Balaban J connectivity index is 2.16. The van der Waals surface area contributed by atoms with Crippen molar-refractivity contribution in [3.8, 4) is 0 Å². The Morgan fingerprint density at radius 2 is 2.05 bits per heavy atom. The summed E-state index contributed by atoms with van der Waals surface area (Å²) in [6.45, 7) is 1.75. The average molecular weight is 281 g/mol. The standard InChI is InChI=1S/C17H16FN3/c1-11-9-13(5-6-16(11)18)17(21-19)14-4-2-3-12-7-8-20-10-15(12)14/h2-10,17,21H,19H2,1H3. The number of aryl methyl sites for hydroxylation is 1. The third-order valence-corrected chi connectivity index (χ3v) is 3.71. The van der Waals surface area contributed by atoms with Gasteiger partial charge in [0.1, 0.15) is 5.82 Å². The number of hydrogen-bond donors (Lipinski definition) is 2. The number of hydrogen-bond acceptors (Lipinski definition) is 3.